The van der Waals surface area contributed by atoms with Gasteiger partial charge in [-0.1, -0.05) is 36.4 Å². The van der Waals surface area contributed by atoms with Crippen molar-refractivity contribution in [2.45, 2.75) is 18.0 Å². The fraction of sp³-hybridized carbons (Fsp3) is 0.0714. The Bertz CT molecular complexity index is 1810. The molecule has 12 heteroatoms. The normalized spacial score (nSPS) is 11.3. The molecule has 0 unspecified atom stereocenters. The van der Waals surface area contributed by atoms with E-state index in [0.29, 0.717) is 22.8 Å². The van der Waals surface area contributed by atoms with E-state index in [-0.39, 0.29) is 10.7 Å². The summed E-state index contributed by atoms with van der Waals surface area (Å²) >= 11 is 0. The van der Waals surface area contributed by atoms with E-state index < -0.39 is 21.9 Å². The molecule has 0 radical (unpaired) electrons. The van der Waals surface area contributed by atoms with Crippen molar-refractivity contribution in [2.75, 3.05) is 5.32 Å². The van der Waals surface area contributed by atoms with Gasteiger partial charge in [-0.3, -0.25) is 9.54 Å². The molecule has 0 fully saturated rings. The highest BCUT2D eigenvalue weighted by Crippen LogP contribution is 2.32. The van der Waals surface area contributed by atoms with E-state index in [4.69, 9.17) is 4.55 Å². The van der Waals surface area contributed by atoms with Crippen LogP contribution in [-0.2, 0) is 16.3 Å². The van der Waals surface area contributed by atoms with Crippen LogP contribution >= 0.6 is 0 Å². The Hall–Kier alpha value is -4.86. The van der Waals surface area contributed by atoms with Crippen molar-refractivity contribution in [2.24, 2.45) is 0 Å². The second kappa shape index (κ2) is 11.5. The topological polar surface area (TPSA) is 129 Å². The zero-order chi connectivity index (χ0) is 28.9. The SMILES string of the molecule is Cc1c(Nc2ccc(C(F)(F)F)cc2)nc(C#N)nc1-c1ccc2cccnc2c1.O=S(=O)(O)c1ccccc1. The highest BCUT2D eigenvalue weighted by Gasteiger charge is 2.30. The number of hydrogen-bond donors (Lipinski definition) is 2. The Labute approximate surface area is 227 Å². The lowest BCUT2D eigenvalue weighted by Gasteiger charge is -2.14. The molecule has 5 aromatic rings. The number of hydrogen-bond acceptors (Lipinski definition) is 7. The van der Waals surface area contributed by atoms with Gasteiger partial charge in [0.05, 0.1) is 21.7 Å². The molecule has 0 saturated carbocycles. The van der Waals surface area contributed by atoms with Crippen LogP contribution in [0.5, 0.6) is 0 Å². The van der Waals surface area contributed by atoms with Gasteiger partial charge >= 0.3 is 6.18 Å². The van der Waals surface area contributed by atoms with Crippen LogP contribution in [0.1, 0.15) is 17.0 Å². The lowest BCUT2D eigenvalue weighted by atomic mass is 10.0. The molecule has 2 aromatic heterocycles. The standard InChI is InChI=1S/C22H14F3N5.C6H6O3S/c1-13-20(15-5-4-14-3-2-10-27-18(14)11-15)29-19(12-26)30-21(13)28-17-8-6-16(7-9-17)22(23,24)25;7-10(8,9)6-4-2-1-3-5-6/h2-11H,1H3,(H,28,29,30);1-5H,(H,7,8,9). The molecule has 0 spiro atoms. The first-order chi connectivity index (χ1) is 19.0. The number of fused-ring (bicyclic) bond motifs is 1. The highest BCUT2D eigenvalue weighted by atomic mass is 32.2. The number of halogens is 3. The summed E-state index contributed by atoms with van der Waals surface area (Å²) in [4.78, 5) is 12.8. The molecule has 2 N–H and O–H groups in total. The first-order valence-electron chi connectivity index (χ1n) is 11.6. The molecule has 0 amide bonds. The van der Waals surface area contributed by atoms with E-state index in [0.717, 1.165) is 28.6 Å². The number of nitriles is 1. The van der Waals surface area contributed by atoms with Gasteiger partial charge in [0.2, 0.25) is 5.82 Å². The van der Waals surface area contributed by atoms with Crippen molar-refractivity contribution in [3.8, 4) is 17.3 Å². The van der Waals surface area contributed by atoms with Crippen molar-refractivity contribution >= 4 is 32.5 Å². The van der Waals surface area contributed by atoms with E-state index in [1.165, 1.54) is 24.3 Å². The number of anilines is 2. The zero-order valence-electron chi connectivity index (χ0n) is 20.8. The first kappa shape index (κ1) is 28.2. The maximum Gasteiger partial charge on any atom is 0.416 e. The minimum Gasteiger partial charge on any atom is -0.340 e. The van der Waals surface area contributed by atoms with Crippen LogP contribution in [0.4, 0.5) is 24.7 Å². The Kier molecular flexibility index (Phi) is 8.08. The summed E-state index contributed by atoms with van der Waals surface area (Å²) in [7, 11) is -4.00. The third kappa shape index (κ3) is 6.76. The molecule has 0 aliphatic heterocycles. The summed E-state index contributed by atoms with van der Waals surface area (Å²) in [6.45, 7) is 1.78. The van der Waals surface area contributed by atoms with Gasteiger partial charge in [0.15, 0.2) is 0 Å². The quantitative estimate of drug-likeness (QED) is 0.235. The molecule has 0 bridgehead atoms. The van der Waals surface area contributed by atoms with Crippen LogP contribution in [0, 0.1) is 18.3 Å². The van der Waals surface area contributed by atoms with Crippen molar-refractivity contribution in [3.05, 3.63) is 108 Å². The fourth-order valence-electron chi connectivity index (χ4n) is 3.65. The average molecular weight is 564 g/mol. The van der Waals surface area contributed by atoms with Crippen LogP contribution in [0.2, 0.25) is 0 Å². The third-order valence-corrected chi connectivity index (χ3v) is 6.51. The first-order valence-corrected chi connectivity index (χ1v) is 13.0. The van der Waals surface area contributed by atoms with Crippen LogP contribution in [0.25, 0.3) is 22.2 Å². The Balaban J connectivity index is 0.000000312. The summed E-state index contributed by atoms with van der Waals surface area (Å²) in [6, 6.07) is 23.4. The Morgan fingerprint density at radius 3 is 2.23 bits per heavy atom. The highest BCUT2D eigenvalue weighted by molar-refractivity contribution is 7.85. The maximum atomic E-state index is 12.8. The van der Waals surface area contributed by atoms with E-state index in [9.17, 15) is 26.9 Å². The molecule has 0 atom stereocenters. The molecular formula is C28H20F3N5O3S. The summed E-state index contributed by atoms with van der Waals surface area (Å²) < 4.78 is 67.6. The third-order valence-electron chi connectivity index (χ3n) is 5.64. The summed E-state index contributed by atoms with van der Waals surface area (Å²) in [5, 5.41) is 13.3. The van der Waals surface area contributed by atoms with E-state index in [2.05, 4.69) is 20.3 Å². The molecule has 0 aliphatic rings. The molecule has 202 valence electrons. The number of nitrogens with zero attached hydrogens (tertiary/aromatic N) is 4. The van der Waals surface area contributed by atoms with Crippen molar-refractivity contribution in [1.29, 1.82) is 5.26 Å². The van der Waals surface area contributed by atoms with E-state index >= 15 is 0 Å². The molecule has 2 heterocycles. The van der Waals surface area contributed by atoms with Gasteiger partial charge < -0.3 is 5.32 Å². The number of alkyl halides is 3. The second-order valence-corrected chi connectivity index (χ2v) is 9.80. The van der Waals surface area contributed by atoms with Gasteiger partial charge in [0.1, 0.15) is 11.9 Å². The Morgan fingerprint density at radius 2 is 1.62 bits per heavy atom. The molecular weight excluding hydrogens is 543 g/mol. The van der Waals surface area contributed by atoms with Gasteiger partial charge in [0, 0.05) is 28.4 Å². The molecule has 40 heavy (non-hydrogen) atoms. The molecule has 0 saturated heterocycles. The van der Waals surface area contributed by atoms with Gasteiger partial charge in [-0.2, -0.15) is 26.9 Å². The van der Waals surface area contributed by atoms with Crippen LogP contribution in [0.3, 0.4) is 0 Å². The van der Waals surface area contributed by atoms with Gasteiger partial charge in [-0.25, -0.2) is 9.97 Å². The smallest absolute Gasteiger partial charge is 0.340 e. The number of benzene rings is 3. The number of aromatic nitrogens is 3. The second-order valence-electron chi connectivity index (χ2n) is 8.38. The minimum absolute atomic E-state index is 0.0499. The molecule has 3 aromatic carbocycles. The number of nitrogens with one attached hydrogen (secondary N) is 1. The molecule has 5 rings (SSSR count). The van der Waals surface area contributed by atoms with Gasteiger partial charge in [-0.15, -0.1) is 0 Å². The Morgan fingerprint density at radius 1 is 0.925 bits per heavy atom. The van der Waals surface area contributed by atoms with Crippen molar-refractivity contribution in [1.82, 2.24) is 15.0 Å². The lowest BCUT2D eigenvalue weighted by Crippen LogP contribution is -2.06. The van der Waals surface area contributed by atoms with E-state index in [1.807, 2.05) is 36.4 Å². The van der Waals surface area contributed by atoms with Crippen LogP contribution in [0.15, 0.2) is 96.0 Å². The van der Waals surface area contributed by atoms with Crippen LogP contribution in [-0.4, -0.2) is 27.9 Å². The summed E-state index contributed by atoms with van der Waals surface area (Å²) in [5.41, 5.74) is 2.42. The van der Waals surface area contributed by atoms with E-state index in [1.54, 1.807) is 31.3 Å². The number of rotatable bonds is 4. The predicted octanol–water partition coefficient (Wildman–Crippen LogP) is 6.57. The molecule has 8 nitrogen and oxygen atoms in total. The van der Waals surface area contributed by atoms with Crippen molar-refractivity contribution in [3.63, 3.8) is 0 Å². The monoisotopic (exact) mass is 563 g/mol. The number of pyridine rings is 1. The van der Waals surface area contributed by atoms with Gasteiger partial charge in [0.25, 0.3) is 10.1 Å². The van der Waals surface area contributed by atoms with Crippen molar-refractivity contribution < 1.29 is 26.1 Å². The van der Waals surface area contributed by atoms with Gasteiger partial charge in [-0.05, 0) is 55.5 Å². The average Bonchev–Trinajstić information content (AvgIpc) is 2.94. The fourth-order valence-corrected chi connectivity index (χ4v) is 4.16. The van der Waals surface area contributed by atoms with Crippen LogP contribution < -0.4 is 5.32 Å². The summed E-state index contributed by atoms with van der Waals surface area (Å²) in [5.74, 6) is 0.295. The predicted molar refractivity (Wildman–Crippen MR) is 143 cm³/mol. The largest absolute Gasteiger partial charge is 0.416 e. The minimum atomic E-state index is -4.41. The maximum absolute atomic E-state index is 12.8. The zero-order valence-corrected chi connectivity index (χ0v) is 21.6. The molecule has 0 aliphatic carbocycles. The summed E-state index contributed by atoms with van der Waals surface area (Å²) in [6.07, 6.45) is -2.72. The lowest BCUT2D eigenvalue weighted by molar-refractivity contribution is -0.137.